The van der Waals surface area contributed by atoms with Gasteiger partial charge >= 0.3 is 0 Å². The van der Waals surface area contributed by atoms with Crippen LogP contribution in [-0.4, -0.2) is 58.9 Å². The second-order valence-corrected chi connectivity index (χ2v) is 6.98. The highest BCUT2D eigenvalue weighted by molar-refractivity contribution is 5.91. The molecule has 2 N–H and O–H groups in total. The van der Waals surface area contributed by atoms with Crippen molar-refractivity contribution in [1.29, 1.82) is 0 Å². The molecular weight excluding hydrogens is 396 g/mol. The molecule has 0 aliphatic carbocycles. The van der Waals surface area contributed by atoms with E-state index >= 15 is 0 Å². The summed E-state index contributed by atoms with van der Waals surface area (Å²) in [5, 5.41) is 0. The van der Waals surface area contributed by atoms with E-state index in [1.807, 2.05) is 24.1 Å². The van der Waals surface area contributed by atoms with E-state index in [0.29, 0.717) is 36.2 Å². The largest absolute Gasteiger partial charge is 0.437 e. The Morgan fingerprint density at radius 1 is 1.00 bits per heavy atom. The first-order valence-electron chi connectivity index (χ1n) is 9.63. The highest BCUT2D eigenvalue weighted by atomic mass is 16.5. The van der Waals surface area contributed by atoms with Gasteiger partial charge in [0.15, 0.2) is 5.82 Å². The number of ether oxygens (including phenoxy) is 1. The molecule has 0 saturated carbocycles. The fraction of sp³-hybridized carbons (Fsp3) is 0.227. The van der Waals surface area contributed by atoms with E-state index in [1.165, 1.54) is 13.1 Å². The lowest BCUT2D eigenvalue weighted by atomic mass is 10.1. The van der Waals surface area contributed by atoms with Crippen molar-refractivity contribution in [3.63, 3.8) is 0 Å². The molecule has 3 aromatic rings. The number of nitrogens with two attached hydrogens (primary N) is 1. The Kier molecular flexibility index (Phi) is 6.76. The van der Waals surface area contributed by atoms with Gasteiger partial charge in [0.05, 0.1) is 18.1 Å². The van der Waals surface area contributed by atoms with Crippen molar-refractivity contribution in [2.45, 2.75) is 6.92 Å². The van der Waals surface area contributed by atoms with Crippen molar-refractivity contribution in [3.05, 3.63) is 60.6 Å². The van der Waals surface area contributed by atoms with E-state index in [-0.39, 0.29) is 11.6 Å². The maximum Gasteiger partial charge on any atom is 0.267 e. The van der Waals surface area contributed by atoms with Crippen molar-refractivity contribution in [1.82, 2.24) is 19.9 Å². The average molecular weight is 420 g/mol. The third kappa shape index (κ3) is 5.75. The number of anilines is 1. The Morgan fingerprint density at radius 2 is 1.74 bits per heavy atom. The van der Waals surface area contributed by atoms with Gasteiger partial charge in [0.25, 0.3) is 5.91 Å². The standard InChI is InChI=1S/C22H24N6O3/c1-15(29)27(2)11-12-28(3)20-13-24-14-21(26-20)31-17-9-7-16(8-10-17)18-5-4-6-19(25-18)22(23)30/h4-10,13-14H,11-12H2,1-3H3,(H2,23,30). The van der Waals surface area contributed by atoms with E-state index in [2.05, 4.69) is 15.0 Å². The van der Waals surface area contributed by atoms with Crippen LogP contribution in [0.2, 0.25) is 0 Å². The molecule has 0 fully saturated rings. The number of likely N-dealkylation sites (N-methyl/N-ethyl adjacent to an activating group) is 2. The first-order chi connectivity index (χ1) is 14.8. The minimum atomic E-state index is -0.571. The first-order valence-corrected chi connectivity index (χ1v) is 9.63. The van der Waals surface area contributed by atoms with Crippen LogP contribution in [0.1, 0.15) is 17.4 Å². The normalized spacial score (nSPS) is 10.4. The van der Waals surface area contributed by atoms with Crippen LogP contribution in [0.4, 0.5) is 5.82 Å². The van der Waals surface area contributed by atoms with Crippen LogP contribution < -0.4 is 15.4 Å². The van der Waals surface area contributed by atoms with Gasteiger partial charge in [-0.25, -0.2) is 4.98 Å². The van der Waals surface area contributed by atoms with E-state index in [1.54, 1.807) is 48.5 Å². The smallest absolute Gasteiger partial charge is 0.267 e. The summed E-state index contributed by atoms with van der Waals surface area (Å²) in [5.41, 5.74) is 6.97. The lowest BCUT2D eigenvalue weighted by Gasteiger charge is -2.22. The third-order valence-electron chi connectivity index (χ3n) is 4.67. The molecule has 0 spiro atoms. The number of amides is 2. The van der Waals surface area contributed by atoms with E-state index in [9.17, 15) is 9.59 Å². The Labute approximate surface area is 180 Å². The number of primary amides is 1. The molecule has 9 heteroatoms. The molecule has 3 rings (SSSR count). The number of hydrogen-bond acceptors (Lipinski definition) is 7. The Bertz CT molecular complexity index is 1070. The molecular formula is C22H24N6O3. The molecule has 0 aliphatic rings. The molecule has 9 nitrogen and oxygen atoms in total. The van der Waals surface area contributed by atoms with Crippen molar-refractivity contribution >= 4 is 17.6 Å². The Hall–Kier alpha value is -4.01. The number of nitrogens with zero attached hydrogens (tertiary/aromatic N) is 5. The molecule has 2 amide bonds. The number of aromatic nitrogens is 3. The molecule has 0 radical (unpaired) electrons. The maximum absolute atomic E-state index is 11.3. The van der Waals surface area contributed by atoms with Crippen LogP contribution in [0, 0.1) is 0 Å². The van der Waals surface area contributed by atoms with Gasteiger partial charge in [0, 0.05) is 39.7 Å². The Balaban J connectivity index is 1.68. The zero-order valence-electron chi connectivity index (χ0n) is 17.6. The predicted octanol–water partition coefficient (Wildman–Crippen LogP) is 2.34. The maximum atomic E-state index is 11.3. The molecule has 1 aromatic carbocycles. The van der Waals surface area contributed by atoms with E-state index < -0.39 is 5.91 Å². The predicted molar refractivity (Wildman–Crippen MR) is 117 cm³/mol. The highest BCUT2D eigenvalue weighted by Crippen LogP contribution is 2.25. The fourth-order valence-corrected chi connectivity index (χ4v) is 2.69. The first kappa shape index (κ1) is 21.7. The second-order valence-electron chi connectivity index (χ2n) is 6.98. The van der Waals surface area contributed by atoms with Gasteiger partial charge in [-0.2, -0.15) is 4.98 Å². The lowest BCUT2D eigenvalue weighted by molar-refractivity contribution is -0.127. The van der Waals surface area contributed by atoms with Gasteiger partial charge in [-0.15, -0.1) is 0 Å². The monoisotopic (exact) mass is 420 g/mol. The van der Waals surface area contributed by atoms with Gasteiger partial charge < -0.3 is 20.3 Å². The number of rotatable bonds is 8. The summed E-state index contributed by atoms with van der Waals surface area (Å²) in [6, 6.07) is 12.4. The minimum absolute atomic E-state index is 0.0107. The van der Waals surface area contributed by atoms with Gasteiger partial charge in [-0.05, 0) is 36.4 Å². The average Bonchev–Trinajstić information content (AvgIpc) is 2.78. The van der Waals surface area contributed by atoms with Crippen molar-refractivity contribution in [2.24, 2.45) is 5.73 Å². The lowest BCUT2D eigenvalue weighted by Crippen LogP contribution is -2.33. The van der Waals surface area contributed by atoms with Gasteiger partial charge in [-0.1, -0.05) is 6.07 Å². The summed E-state index contributed by atoms with van der Waals surface area (Å²) < 4.78 is 5.83. The summed E-state index contributed by atoms with van der Waals surface area (Å²) in [7, 11) is 3.63. The molecule has 2 aromatic heterocycles. The van der Waals surface area contributed by atoms with Crippen LogP contribution in [0.3, 0.4) is 0 Å². The fourth-order valence-electron chi connectivity index (χ4n) is 2.69. The van der Waals surface area contributed by atoms with E-state index in [0.717, 1.165) is 5.56 Å². The van der Waals surface area contributed by atoms with Crippen LogP contribution in [-0.2, 0) is 4.79 Å². The number of hydrogen-bond donors (Lipinski definition) is 1. The summed E-state index contributed by atoms with van der Waals surface area (Å²) in [6.45, 7) is 2.72. The summed E-state index contributed by atoms with van der Waals surface area (Å²) >= 11 is 0. The zero-order chi connectivity index (χ0) is 22.4. The molecule has 2 heterocycles. The van der Waals surface area contributed by atoms with Crippen molar-refractivity contribution in [2.75, 3.05) is 32.1 Å². The molecule has 0 atom stereocenters. The van der Waals surface area contributed by atoms with Crippen LogP contribution in [0.15, 0.2) is 54.9 Å². The quantitative estimate of drug-likeness (QED) is 0.595. The van der Waals surface area contributed by atoms with Crippen LogP contribution >= 0.6 is 0 Å². The van der Waals surface area contributed by atoms with Crippen LogP contribution in [0.25, 0.3) is 11.3 Å². The Morgan fingerprint density at radius 3 is 2.42 bits per heavy atom. The molecule has 0 bridgehead atoms. The number of carbonyl (C=O) groups is 2. The minimum Gasteiger partial charge on any atom is -0.437 e. The van der Waals surface area contributed by atoms with Crippen LogP contribution in [0.5, 0.6) is 11.6 Å². The molecule has 0 saturated heterocycles. The number of carbonyl (C=O) groups excluding carboxylic acids is 2. The van der Waals surface area contributed by atoms with Crippen molar-refractivity contribution < 1.29 is 14.3 Å². The molecule has 0 unspecified atom stereocenters. The summed E-state index contributed by atoms with van der Waals surface area (Å²) in [4.78, 5) is 39.1. The SMILES string of the molecule is CC(=O)N(C)CCN(C)c1cncc(Oc2ccc(-c3cccc(C(N)=O)n3)cc2)n1. The third-order valence-corrected chi connectivity index (χ3v) is 4.67. The second kappa shape index (κ2) is 9.66. The number of pyridine rings is 1. The van der Waals surface area contributed by atoms with Crippen molar-refractivity contribution in [3.8, 4) is 22.9 Å². The van der Waals surface area contributed by atoms with Gasteiger partial charge in [0.1, 0.15) is 11.4 Å². The number of benzene rings is 1. The molecule has 31 heavy (non-hydrogen) atoms. The zero-order valence-corrected chi connectivity index (χ0v) is 17.6. The van der Waals surface area contributed by atoms with Gasteiger partial charge in [0.2, 0.25) is 11.8 Å². The highest BCUT2D eigenvalue weighted by Gasteiger charge is 2.10. The topological polar surface area (TPSA) is 115 Å². The van der Waals surface area contributed by atoms with Gasteiger partial charge in [-0.3, -0.25) is 14.6 Å². The van der Waals surface area contributed by atoms with E-state index in [4.69, 9.17) is 10.5 Å². The summed E-state index contributed by atoms with van der Waals surface area (Å²) in [5.74, 6) is 1.01. The summed E-state index contributed by atoms with van der Waals surface area (Å²) in [6.07, 6.45) is 3.17. The molecule has 0 aliphatic heterocycles. The molecule has 160 valence electrons.